The molecular formula is C26H28N2O3. The van der Waals surface area contributed by atoms with Crippen molar-refractivity contribution < 1.29 is 14.7 Å². The van der Waals surface area contributed by atoms with Crippen LogP contribution in [0.4, 0.5) is 5.69 Å². The fourth-order valence-corrected chi connectivity index (χ4v) is 4.65. The Bertz CT molecular complexity index is 1070. The maximum Gasteiger partial charge on any atom is 0.322 e. The third kappa shape index (κ3) is 4.88. The molecule has 2 atom stereocenters. The zero-order chi connectivity index (χ0) is 21.8. The van der Waals surface area contributed by atoms with E-state index in [2.05, 4.69) is 59.6 Å². The molecule has 1 amide bonds. The molecule has 0 radical (unpaired) electrons. The van der Waals surface area contributed by atoms with E-state index in [-0.39, 0.29) is 12.5 Å². The first-order valence-corrected chi connectivity index (χ1v) is 10.8. The third-order valence-corrected chi connectivity index (χ3v) is 6.22. The molecule has 5 nitrogen and oxygen atoms in total. The molecule has 0 aromatic heterocycles. The van der Waals surface area contributed by atoms with Crippen molar-refractivity contribution in [1.82, 2.24) is 5.32 Å². The first-order valence-electron chi connectivity index (χ1n) is 10.8. The minimum atomic E-state index is -1.05. The van der Waals surface area contributed by atoms with Crippen molar-refractivity contribution in [2.75, 3.05) is 24.5 Å². The van der Waals surface area contributed by atoms with Crippen LogP contribution in [0.3, 0.4) is 0 Å². The van der Waals surface area contributed by atoms with Crippen molar-refractivity contribution in [2.45, 2.75) is 25.7 Å². The van der Waals surface area contributed by atoms with Gasteiger partial charge in [-0.2, -0.15) is 0 Å². The van der Waals surface area contributed by atoms with Gasteiger partial charge in [-0.1, -0.05) is 49.4 Å². The molecule has 0 spiro atoms. The van der Waals surface area contributed by atoms with E-state index in [9.17, 15) is 9.59 Å². The largest absolute Gasteiger partial charge is 0.480 e. The molecule has 1 saturated heterocycles. The molecule has 1 heterocycles. The fraction of sp³-hybridized carbons (Fsp3) is 0.308. The molecule has 5 heteroatoms. The summed E-state index contributed by atoms with van der Waals surface area (Å²) in [5.41, 5.74) is 3.01. The quantitative estimate of drug-likeness (QED) is 0.587. The van der Waals surface area contributed by atoms with Crippen LogP contribution in [-0.2, 0) is 4.79 Å². The molecule has 2 N–H and O–H groups in total. The van der Waals surface area contributed by atoms with E-state index in [0.29, 0.717) is 17.4 Å². The third-order valence-electron chi connectivity index (χ3n) is 6.22. The molecule has 0 aliphatic carbocycles. The summed E-state index contributed by atoms with van der Waals surface area (Å²) in [4.78, 5) is 25.0. The van der Waals surface area contributed by atoms with Crippen LogP contribution in [0, 0.1) is 5.92 Å². The maximum absolute atomic E-state index is 12.0. The van der Waals surface area contributed by atoms with Crippen LogP contribution in [0.15, 0.2) is 66.7 Å². The molecule has 1 fully saturated rings. The lowest BCUT2D eigenvalue weighted by Gasteiger charge is -2.21. The molecule has 4 rings (SSSR count). The van der Waals surface area contributed by atoms with Crippen LogP contribution in [0.25, 0.3) is 10.8 Å². The van der Waals surface area contributed by atoms with Crippen LogP contribution < -0.4 is 10.2 Å². The van der Waals surface area contributed by atoms with Gasteiger partial charge in [0.15, 0.2) is 0 Å². The second-order valence-electron chi connectivity index (χ2n) is 8.43. The predicted molar refractivity (Wildman–Crippen MR) is 124 cm³/mol. The second kappa shape index (κ2) is 9.21. The Kier molecular flexibility index (Phi) is 6.21. The molecule has 160 valence electrons. The number of fused-ring (bicyclic) bond motifs is 1. The van der Waals surface area contributed by atoms with Crippen LogP contribution in [-0.4, -0.2) is 36.6 Å². The Hall–Kier alpha value is -3.34. The van der Waals surface area contributed by atoms with Gasteiger partial charge >= 0.3 is 5.97 Å². The van der Waals surface area contributed by atoms with E-state index in [1.807, 2.05) is 12.1 Å². The van der Waals surface area contributed by atoms with E-state index in [4.69, 9.17) is 5.11 Å². The van der Waals surface area contributed by atoms with Crippen LogP contribution >= 0.6 is 0 Å². The van der Waals surface area contributed by atoms with Crippen LogP contribution in [0.2, 0.25) is 0 Å². The molecule has 0 bridgehead atoms. The Labute approximate surface area is 182 Å². The van der Waals surface area contributed by atoms with Gasteiger partial charge in [-0.25, -0.2) is 0 Å². The van der Waals surface area contributed by atoms with Crippen molar-refractivity contribution in [1.29, 1.82) is 0 Å². The summed E-state index contributed by atoms with van der Waals surface area (Å²) in [7, 11) is 0. The lowest BCUT2D eigenvalue weighted by atomic mass is 9.87. The number of rotatable bonds is 7. The highest BCUT2D eigenvalue weighted by Gasteiger charge is 2.25. The van der Waals surface area contributed by atoms with Gasteiger partial charge in [0, 0.05) is 24.3 Å². The first kappa shape index (κ1) is 20.9. The predicted octanol–water partition coefficient (Wildman–Crippen LogP) is 4.67. The van der Waals surface area contributed by atoms with Crippen LogP contribution in [0.1, 0.15) is 41.6 Å². The van der Waals surface area contributed by atoms with Gasteiger partial charge < -0.3 is 15.3 Å². The van der Waals surface area contributed by atoms with E-state index in [1.165, 1.54) is 16.3 Å². The van der Waals surface area contributed by atoms with Crippen molar-refractivity contribution in [2.24, 2.45) is 5.92 Å². The summed E-state index contributed by atoms with van der Waals surface area (Å²) in [5.74, 6) is -0.285. The van der Waals surface area contributed by atoms with Crippen molar-refractivity contribution >= 4 is 28.3 Å². The van der Waals surface area contributed by atoms with Gasteiger partial charge in [0.2, 0.25) is 0 Å². The van der Waals surface area contributed by atoms with Crippen molar-refractivity contribution in [3.8, 4) is 0 Å². The topological polar surface area (TPSA) is 69.6 Å². The molecular weight excluding hydrogens is 388 g/mol. The number of hydrogen-bond donors (Lipinski definition) is 2. The number of hydrogen-bond acceptors (Lipinski definition) is 3. The molecule has 0 unspecified atom stereocenters. The first-order chi connectivity index (χ1) is 15.0. The van der Waals surface area contributed by atoms with Gasteiger partial charge in [0.25, 0.3) is 5.91 Å². The monoisotopic (exact) mass is 416 g/mol. The van der Waals surface area contributed by atoms with Gasteiger partial charge in [0.05, 0.1) is 0 Å². The number of carboxylic acids is 1. The SMILES string of the molecule is C[C@@H](C[C@@H]1CCN(c2ccc(C(=O)NCC(=O)O)cc2)C1)c1cccc2ccccc12. The zero-order valence-electron chi connectivity index (χ0n) is 17.8. The van der Waals surface area contributed by atoms with E-state index in [1.54, 1.807) is 12.1 Å². The summed E-state index contributed by atoms with van der Waals surface area (Å²) in [6, 6.07) is 22.6. The zero-order valence-corrected chi connectivity index (χ0v) is 17.8. The van der Waals surface area contributed by atoms with Gasteiger partial charge in [-0.15, -0.1) is 0 Å². The van der Waals surface area contributed by atoms with Crippen molar-refractivity contribution in [3.05, 3.63) is 77.9 Å². The normalized spacial score (nSPS) is 16.9. The maximum atomic E-state index is 12.0. The number of amides is 1. The number of aliphatic carboxylic acids is 1. The molecule has 1 aliphatic rings. The number of carbonyl (C=O) groups is 2. The second-order valence-corrected chi connectivity index (χ2v) is 8.43. The molecule has 3 aromatic rings. The number of nitrogens with zero attached hydrogens (tertiary/aromatic N) is 1. The molecule has 31 heavy (non-hydrogen) atoms. The number of nitrogens with one attached hydrogen (secondary N) is 1. The van der Waals surface area contributed by atoms with Crippen LogP contribution in [0.5, 0.6) is 0 Å². The van der Waals surface area contributed by atoms with Gasteiger partial charge in [-0.05, 0) is 65.3 Å². The fourth-order valence-electron chi connectivity index (χ4n) is 4.65. The average molecular weight is 417 g/mol. The number of anilines is 1. The standard InChI is InChI=1S/C26H28N2O3/c1-18(23-8-4-6-20-5-2-3-7-24(20)23)15-19-13-14-28(17-19)22-11-9-21(10-12-22)26(31)27-16-25(29)30/h2-12,18-19H,13-17H2,1H3,(H,27,31)(H,29,30)/t18-,19-/m0/s1. The Balaban J connectivity index is 1.37. The van der Waals surface area contributed by atoms with Crippen molar-refractivity contribution in [3.63, 3.8) is 0 Å². The Morgan fingerprint density at radius 2 is 1.81 bits per heavy atom. The molecule has 0 saturated carbocycles. The average Bonchev–Trinajstić information content (AvgIpc) is 3.25. The summed E-state index contributed by atoms with van der Waals surface area (Å²) in [6.45, 7) is 3.98. The smallest absolute Gasteiger partial charge is 0.322 e. The summed E-state index contributed by atoms with van der Waals surface area (Å²) >= 11 is 0. The minimum absolute atomic E-state index is 0.364. The highest BCUT2D eigenvalue weighted by atomic mass is 16.4. The van der Waals surface area contributed by atoms with Gasteiger partial charge in [-0.3, -0.25) is 9.59 Å². The van der Waals surface area contributed by atoms with Gasteiger partial charge in [0.1, 0.15) is 6.54 Å². The highest BCUT2D eigenvalue weighted by Crippen LogP contribution is 2.34. The lowest BCUT2D eigenvalue weighted by Crippen LogP contribution is -2.29. The molecule has 3 aromatic carbocycles. The minimum Gasteiger partial charge on any atom is -0.480 e. The molecule has 1 aliphatic heterocycles. The van der Waals surface area contributed by atoms with E-state index in [0.717, 1.165) is 31.6 Å². The Morgan fingerprint density at radius 1 is 1.06 bits per heavy atom. The van der Waals surface area contributed by atoms with E-state index < -0.39 is 5.97 Å². The number of carbonyl (C=O) groups excluding carboxylic acids is 1. The number of carboxylic acid groups (broad SMARTS) is 1. The number of benzene rings is 3. The van der Waals surface area contributed by atoms with E-state index >= 15 is 0 Å². The lowest BCUT2D eigenvalue weighted by molar-refractivity contribution is -0.135. The Morgan fingerprint density at radius 3 is 2.58 bits per heavy atom. The summed E-state index contributed by atoms with van der Waals surface area (Å²) in [5, 5.41) is 13.7. The summed E-state index contributed by atoms with van der Waals surface area (Å²) < 4.78 is 0. The highest BCUT2D eigenvalue weighted by molar-refractivity contribution is 5.96. The summed E-state index contributed by atoms with van der Waals surface area (Å²) in [6.07, 6.45) is 2.32.